The minimum Gasteiger partial charge on any atom is -0.480 e. The predicted molar refractivity (Wildman–Crippen MR) is 108 cm³/mol. The van der Waals surface area contributed by atoms with Crippen molar-refractivity contribution in [3.05, 3.63) is 77.1 Å². The van der Waals surface area contributed by atoms with Crippen molar-refractivity contribution >= 4 is 23.5 Å². The molecule has 1 saturated heterocycles. The molecule has 0 amide bonds. The first-order valence-electron chi connectivity index (χ1n) is 9.00. The predicted octanol–water partition coefficient (Wildman–Crippen LogP) is 3.30. The monoisotopic (exact) mass is 437 g/mol. The number of morpholine rings is 1. The van der Waals surface area contributed by atoms with Crippen molar-refractivity contribution < 1.29 is 33.7 Å². The number of carbonyl (C=O) groups is 2. The number of aliphatic carboxylic acids is 2. The Morgan fingerprint density at radius 3 is 2.37 bits per heavy atom. The van der Waals surface area contributed by atoms with E-state index in [1.165, 1.54) is 6.07 Å². The molecule has 30 heavy (non-hydrogen) atoms. The molecule has 2 aromatic carbocycles. The minimum absolute atomic E-state index is 0.0481. The van der Waals surface area contributed by atoms with E-state index in [1.807, 2.05) is 30.3 Å². The summed E-state index contributed by atoms with van der Waals surface area (Å²) in [5, 5.41) is 18.9. The summed E-state index contributed by atoms with van der Waals surface area (Å²) < 4.78 is 25.9. The smallest absolute Gasteiger partial charge is 0.328 e. The lowest BCUT2D eigenvalue weighted by Gasteiger charge is -2.31. The molecule has 1 fully saturated rings. The van der Waals surface area contributed by atoms with Crippen LogP contribution in [0.3, 0.4) is 0 Å². The summed E-state index contributed by atoms with van der Waals surface area (Å²) in [6.45, 7) is 2.07. The molecule has 0 radical (unpaired) electrons. The van der Waals surface area contributed by atoms with Crippen LogP contribution in [0.5, 0.6) is 5.75 Å². The van der Waals surface area contributed by atoms with E-state index in [-0.39, 0.29) is 16.9 Å². The van der Waals surface area contributed by atoms with Gasteiger partial charge in [-0.05, 0) is 17.7 Å². The lowest BCUT2D eigenvalue weighted by atomic mass is 10.0. The number of carboxylic acids is 2. The van der Waals surface area contributed by atoms with E-state index in [4.69, 9.17) is 31.3 Å². The molecule has 7 nitrogen and oxygen atoms in total. The van der Waals surface area contributed by atoms with Crippen molar-refractivity contribution in [1.29, 1.82) is 0 Å². The molecule has 1 aliphatic heterocycles. The third-order valence-corrected chi connectivity index (χ3v) is 4.25. The normalized spacial score (nSPS) is 16.9. The van der Waals surface area contributed by atoms with Gasteiger partial charge in [-0.1, -0.05) is 48.0 Å². The van der Waals surface area contributed by atoms with Crippen LogP contribution in [0.2, 0.25) is 5.02 Å². The number of hydrogen-bond donors (Lipinski definition) is 3. The largest absolute Gasteiger partial charge is 0.480 e. The maximum atomic E-state index is 14.1. The maximum absolute atomic E-state index is 14.1. The molecule has 0 aliphatic carbocycles. The Kier molecular flexibility index (Phi) is 9.27. The molecule has 3 rings (SSSR count). The van der Waals surface area contributed by atoms with Crippen LogP contribution in [0.25, 0.3) is 0 Å². The Morgan fingerprint density at radius 2 is 1.80 bits per heavy atom. The number of nitrogens with one attached hydrogen (secondary N) is 1. The highest BCUT2D eigenvalue weighted by Gasteiger charge is 2.28. The van der Waals surface area contributed by atoms with E-state index in [1.54, 1.807) is 12.1 Å². The Bertz CT molecular complexity index is 855. The van der Waals surface area contributed by atoms with Crippen molar-refractivity contribution in [2.75, 3.05) is 19.7 Å². The summed E-state index contributed by atoms with van der Waals surface area (Å²) in [4.78, 5) is 19.1. The van der Waals surface area contributed by atoms with Crippen LogP contribution in [-0.4, -0.2) is 48.0 Å². The van der Waals surface area contributed by atoms with Crippen molar-refractivity contribution in [1.82, 2.24) is 5.32 Å². The second-order valence-corrected chi connectivity index (χ2v) is 6.53. The van der Waals surface area contributed by atoms with E-state index in [0.29, 0.717) is 25.3 Å². The highest BCUT2D eigenvalue weighted by Crippen LogP contribution is 2.31. The summed E-state index contributed by atoms with van der Waals surface area (Å²) in [5.41, 5.74) is 0.940. The fourth-order valence-corrected chi connectivity index (χ4v) is 2.80. The van der Waals surface area contributed by atoms with Gasteiger partial charge in [-0.2, -0.15) is 0 Å². The van der Waals surface area contributed by atoms with E-state index in [2.05, 4.69) is 5.32 Å². The Labute approximate surface area is 177 Å². The van der Waals surface area contributed by atoms with Gasteiger partial charge in [0.25, 0.3) is 0 Å². The van der Waals surface area contributed by atoms with Crippen LogP contribution in [0.1, 0.15) is 11.7 Å². The van der Waals surface area contributed by atoms with Gasteiger partial charge in [0.15, 0.2) is 17.7 Å². The van der Waals surface area contributed by atoms with Crippen molar-refractivity contribution in [3.8, 4) is 5.75 Å². The van der Waals surface area contributed by atoms with Crippen LogP contribution < -0.4 is 10.1 Å². The first-order valence-corrected chi connectivity index (χ1v) is 9.38. The van der Waals surface area contributed by atoms with E-state index in [9.17, 15) is 14.0 Å². The minimum atomic E-state index is -1.26. The van der Waals surface area contributed by atoms with Gasteiger partial charge in [0.05, 0.1) is 11.6 Å². The number of benzene rings is 2. The fourth-order valence-electron chi connectivity index (χ4n) is 2.64. The third-order valence-electron chi connectivity index (χ3n) is 3.96. The lowest BCUT2D eigenvalue weighted by molar-refractivity contribution is -0.134. The molecule has 2 aromatic rings. The van der Waals surface area contributed by atoms with Crippen LogP contribution in [-0.2, 0) is 14.3 Å². The van der Waals surface area contributed by atoms with E-state index >= 15 is 0 Å². The molecule has 1 aliphatic rings. The van der Waals surface area contributed by atoms with Crippen LogP contribution in [0.15, 0.2) is 60.7 Å². The lowest BCUT2D eigenvalue weighted by Crippen LogP contribution is -2.43. The van der Waals surface area contributed by atoms with Gasteiger partial charge >= 0.3 is 11.9 Å². The quantitative estimate of drug-likeness (QED) is 0.595. The summed E-state index contributed by atoms with van der Waals surface area (Å²) in [6.07, 6.45) is 0.529. The maximum Gasteiger partial charge on any atom is 0.328 e. The number of halogens is 2. The fraction of sp³-hybridized carbons (Fsp3) is 0.238. The van der Waals surface area contributed by atoms with Gasteiger partial charge < -0.3 is 25.0 Å². The highest BCUT2D eigenvalue weighted by molar-refractivity contribution is 6.30. The van der Waals surface area contributed by atoms with Gasteiger partial charge in [-0.25, -0.2) is 14.0 Å². The summed E-state index contributed by atoms with van der Waals surface area (Å²) in [7, 11) is 0. The first kappa shape index (κ1) is 23.3. The van der Waals surface area contributed by atoms with Gasteiger partial charge in [0.2, 0.25) is 0 Å². The zero-order valence-corrected chi connectivity index (χ0v) is 16.6. The van der Waals surface area contributed by atoms with Crippen molar-refractivity contribution in [2.45, 2.75) is 12.2 Å². The molecule has 0 saturated carbocycles. The first-order chi connectivity index (χ1) is 14.4. The number of carboxylic acid groups (broad SMARTS) is 2. The average Bonchev–Trinajstić information content (AvgIpc) is 2.75. The van der Waals surface area contributed by atoms with Gasteiger partial charge in [-0.3, -0.25) is 0 Å². The van der Waals surface area contributed by atoms with Crippen molar-refractivity contribution in [2.24, 2.45) is 0 Å². The zero-order valence-electron chi connectivity index (χ0n) is 15.8. The summed E-state index contributed by atoms with van der Waals surface area (Å²) >= 11 is 5.83. The molecular formula is C21H21ClFNO6. The van der Waals surface area contributed by atoms with Crippen LogP contribution >= 0.6 is 11.6 Å². The standard InChI is InChI=1S/C17H17ClFNO2.C4H4O4/c18-13-7-4-8-14(16(13)19)22-17(12-5-2-1-3-6-12)15-11-20-9-10-21-15;5-3(6)1-2-4(7)8/h1-8,15,17,20H,9-11H2;1-2H,(H,5,6)(H,7,8)/b;2-1+/t15-,17-;/m0./s1. The molecule has 2 atom stereocenters. The number of hydrogen-bond acceptors (Lipinski definition) is 5. The second-order valence-electron chi connectivity index (χ2n) is 6.12. The molecule has 0 spiro atoms. The number of rotatable bonds is 6. The highest BCUT2D eigenvalue weighted by atomic mass is 35.5. The summed E-state index contributed by atoms with van der Waals surface area (Å²) in [6, 6.07) is 14.4. The Hall–Kier alpha value is -2.94. The van der Waals surface area contributed by atoms with Gasteiger partial charge in [-0.15, -0.1) is 0 Å². The molecule has 3 N–H and O–H groups in total. The molecule has 9 heteroatoms. The van der Waals surface area contributed by atoms with E-state index in [0.717, 1.165) is 12.1 Å². The van der Waals surface area contributed by atoms with Crippen LogP contribution in [0, 0.1) is 5.82 Å². The zero-order chi connectivity index (χ0) is 21.9. The third kappa shape index (κ3) is 7.47. The molecule has 1 heterocycles. The molecule has 160 valence electrons. The Balaban J connectivity index is 0.000000343. The molecular weight excluding hydrogens is 417 g/mol. The van der Waals surface area contributed by atoms with E-state index < -0.39 is 23.9 Å². The van der Waals surface area contributed by atoms with Crippen molar-refractivity contribution in [3.63, 3.8) is 0 Å². The molecule has 0 aromatic heterocycles. The SMILES string of the molecule is Fc1c(Cl)cccc1O[C@@H](c1ccccc1)[C@@H]1CNCCO1.O=C(O)/C=C/C(=O)O. The molecule has 0 unspecified atom stereocenters. The summed E-state index contributed by atoms with van der Waals surface area (Å²) in [5.74, 6) is -2.93. The average molecular weight is 438 g/mol. The van der Waals surface area contributed by atoms with Crippen LogP contribution in [0.4, 0.5) is 4.39 Å². The second kappa shape index (κ2) is 11.9. The topological polar surface area (TPSA) is 105 Å². The van der Waals surface area contributed by atoms with Gasteiger partial charge in [0.1, 0.15) is 6.10 Å². The Morgan fingerprint density at radius 1 is 1.13 bits per heavy atom. The number of ether oxygens (including phenoxy) is 2. The van der Waals surface area contributed by atoms with Gasteiger partial charge in [0, 0.05) is 25.2 Å². The molecule has 0 bridgehead atoms.